The molecule has 0 unspecified atom stereocenters. The molecule has 5 amide bonds. The SMILES string of the molecule is COc1ccc2ccccc2c1CN1C(=O)[C@@H](NC(=O)[C@H](C)N(C)C(=O)OC(C)(C)C)[C@H](C)N(C(=O)c2ccc(C(=O)NCCOCCOCC(=O)O)cc2)c2cc(C)ccc21. The third-order valence-corrected chi connectivity index (χ3v) is 10.3. The van der Waals surface area contributed by atoms with Crippen LogP contribution in [0.4, 0.5) is 16.2 Å². The molecule has 0 spiro atoms. The molecule has 1 aliphatic heterocycles. The lowest BCUT2D eigenvalue weighted by atomic mass is 10.0. The third kappa shape index (κ3) is 11.2. The summed E-state index contributed by atoms with van der Waals surface area (Å²) in [5, 5.41) is 16.1. The molecule has 62 heavy (non-hydrogen) atoms. The second-order valence-corrected chi connectivity index (χ2v) is 15.9. The van der Waals surface area contributed by atoms with Crippen molar-refractivity contribution in [1.29, 1.82) is 0 Å². The fourth-order valence-electron chi connectivity index (χ4n) is 6.95. The highest BCUT2D eigenvalue weighted by Gasteiger charge is 2.43. The lowest BCUT2D eigenvalue weighted by molar-refractivity contribution is -0.142. The zero-order chi connectivity index (χ0) is 45.3. The smallest absolute Gasteiger partial charge is 0.410 e. The number of aryl methyl sites for hydroxylation is 1. The molecule has 0 aromatic heterocycles. The normalized spacial score (nSPS) is 15.6. The topological polar surface area (TPSA) is 193 Å². The summed E-state index contributed by atoms with van der Waals surface area (Å²) in [6, 6.07) is 19.6. The number of hydrogen-bond acceptors (Lipinski definition) is 10. The van der Waals surface area contributed by atoms with E-state index in [2.05, 4.69) is 10.6 Å². The van der Waals surface area contributed by atoms with Crippen LogP contribution in [0.15, 0.2) is 78.9 Å². The van der Waals surface area contributed by atoms with Crippen LogP contribution in [0.5, 0.6) is 5.75 Å². The molecule has 330 valence electrons. The van der Waals surface area contributed by atoms with Gasteiger partial charge < -0.3 is 44.5 Å². The zero-order valence-corrected chi connectivity index (χ0v) is 36.4. The molecular weight excluding hydrogens is 799 g/mol. The maximum Gasteiger partial charge on any atom is 0.410 e. The number of nitrogens with zero attached hydrogens (tertiary/aromatic N) is 3. The van der Waals surface area contributed by atoms with E-state index in [4.69, 9.17) is 24.1 Å². The molecule has 0 radical (unpaired) electrons. The molecular formula is C46H55N5O11. The Kier molecular flexibility index (Phi) is 15.3. The number of carbonyl (C=O) groups excluding carboxylic acids is 5. The lowest BCUT2D eigenvalue weighted by Gasteiger charge is -2.34. The highest BCUT2D eigenvalue weighted by molar-refractivity contribution is 6.14. The first-order chi connectivity index (χ1) is 29.4. The summed E-state index contributed by atoms with van der Waals surface area (Å²) in [7, 11) is 2.99. The average Bonchev–Trinajstić information content (AvgIpc) is 3.31. The first-order valence-corrected chi connectivity index (χ1v) is 20.2. The van der Waals surface area contributed by atoms with Gasteiger partial charge in [-0.2, -0.15) is 0 Å². The molecule has 0 saturated heterocycles. The summed E-state index contributed by atoms with van der Waals surface area (Å²) < 4.78 is 21.6. The van der Waals surface area contributed by atoms with Crippen LogP contribution in [0.3, 0.4) is 0 Å². The molecule has 1 heterocycles. The van der Waals surface area contributed by atoms with E-state index in [9.17, 15) is 24.0 Å². The minimum absolute atomic E-state index is 0.0151. The van der Waals surface area contributed by atoms with Gasteiger partial charge in [-0.15, -0.1) is 0 Å². The Bertz CT molecular complexity index is 2290. The molecule has 4 aromatic rings. The highest BCUT2D eigenvalue weighted by Crippen LogP contribution is 2.40. The summed E-state index contributed by atoms with van der Waals surface area (Å²) in [6.45, 7) is 10.4. The van der Waals surface area contributed by atoms with Gasteiger partial charge in [0.2, 0.25) is 5.91 Å². The van der Waals surface area contributed by atoms with Crippen LogP contribution in [0.1, 0.15) is 66.5 Å². The summed E-state index contributed by atoms with van der Waals surface area (Å²) in [6.07, 6.45) is -0.727. The van der Waals surface area contributed by atoms with Gasteiger partial charge in [0.25, 0.3) is 17.7 Å². The van der Waals surface area contributed by atoms with Crippen molar-refractivity contribution in [3.63, 3.8) is 0 Å². The maximum atomic E-state index is 15.2. The van der Waals surface area contributed by atoms with Crippen molar-refractivity contribution >= 4 is 57.8 Å². The van der Waals surface area contributed by atoms with E-state index < -0.39 is 66.0 Å². The second-order valence-electron chi connectivity index (χ2n) is 15.9. The first kappa shape index (κ1) is 46.5. The van der Waals surface area contributed by atoms with Crippen molar-refractivity contribution in [2.24, 2.45) is 0 Å². The fraction of sp³-hybridized carbons (Fsp3) is 0.391. The Morgan fingerprint density at radius 2 is 1.56 bits per heavy atom. The number of anilines is 2. The molecule has 16 heteroatoms. The van der Waals surface area contributed by atoms with Gasteiger partial charge in [0.15, 0.2) is 0 Å². The Morgan fingerprint density at radius 1 is 0.887 bits per heavy atom. The van der Waals surface area contributed by atoms with Crippen LogP contribution in [0.25, 0.3) is 10.8 Å². The Balaban J connectivity index is 1.49. The van der Waals surface area contributed by atoms with E-state index in [-0.39, 0.29) is 44.0 Å². The number of carboxylic acids is 1. The number of methoxy groups -OCH3 is 1. The van der Waals surface area contributed by atoms with Gasteiger partial charge in [-0.3, -0.25) is 24.1 Å². The van der Waals surface area contributed by atoms with Gasteiger partial charge in [0.1, 0.15) is 30.0 Å². The summed E-state index contributed by atoms with van der Waals surface area (Å²) in [5.41, 5.74) is 2.03. The van der Waals surface area contributed by atoms with Gasteiger partial charge in [-0.1, -0.05) is 36.4 Å². The van der Waals surface area contributed by atoms with E-state index in [0.29, 0.717) is 22.7 Å². The van der Waals surface area contributed by atoms with Crippen LogP contribution < -0.4 is 25.2 Å². The van der Waals surface area contributed by atoms with Crippen molar-refractivity contribution in [2.45, 2.75) is 71.8 Å². The van der Waals surface area contributed by atoms with Crippen molar-refractivity contribution in [3.8, 4) is 5.75 Å². The number of amides is 5. The molecule has 3 N–H and O–H groups in total. The third-order valence-electron chi connectivity index (χ3n) is 10.3. The Labute approximate surface area is 361 Å². The predicted octanol–water partition coefficient (Wildman–Crippen LogP) is 5.33. The maximum absolute atomic E-state index is 15.2. The van der Waals surface area contributed by atoms with E-state index in [1.165, 1.54) is 43.1 Å². The minimum Gasteiger partial charge on any atom is -0.496 e. The van der Waals surface area contributed by atoms with Crippen molar-refractivity contribution in [2.75, 3.05) is 56.9 Å². The Morgan fingerprint density at radius 3 is 2.24 bits per heavy atom. The van der Waals surface area contributed by atoms with Crippen molar-refractivity contribution < 1.29 is 52.8 Å². The monoisotopic (exact) mass is 853 g/mol. The molecule has 5 rings (SSSR count). The average molecular weight is 854 g/mol. The molecule has 1 aliphatic rings. The Hall–Kier alpha value is -6.52. The number of likely N-dealkylation sites (N-methyl/N-ethyl adjacent to an activating group) is 1. The predicted molar refractivity (Wildman–Crippen MR) is 233 cm³/mol. The molecule has 4 aromatic carbocycles. The van der Waals surface area contributed by atoms with Crippen LogP contribution >= 0.6 is 0 Å². The number of fused-ring (bicyclic) bond motifs is 2. The van der Waals surface area contributed by atoms with Gasteiger partial charge in [-0.25, -0.2) is 9.59 Å². The number of rotatable bonds is 16. The second kappa shape index (κ2) is 20.4. The van der Waals surface area contributed by atoms with E-state index in [0.717, 1.165) is 21.2 Å². The number of benzene rings is 4. The minimum atomic E-state index is -1.31. The van der Waals surface area contributed by atoms with Gasteiger partial charge in [-0.05, 0) is 100 Å². The van der Waals surface area contributed by atoms with Crippen LogP contribution in [0, 0.1) is 6.92 Å². The largest absolute Gasteiger partial charge is 0.496 e. The number of nitrogens with one attached hydrogen (secondary N) is 2. The van der Waals surface area contributed by atoms with Gasteiger partial charge in [0, 0.05) is 30.3 Å². The van der Waals surface area contributed by atoms with E-state index in [1.54, 1.807) is 45.8 Å². The number of carbonyl (C=O) groups is 6. The summed E-state index contributed by atoms with van der Waals surface area (Å²) >= 11 is 0. The molecule has 0 bridgehead atoms. The molecule has 0 fully saturated rings. The summed E-state index contributed by atoms with van der Waals surface area (Å²) in [4.78, 5) is 84.8. The van der Waals surface area contributed by atoms with E-state index in [1.807, 2.05) is 55.5 Å². The number of hydrogen-bond donors (Lipinski definition) is 3. The van der Waals surface area contributed by atoms with Gasteiger partial charge >= 0.3 is 12.1 Å². The van der Waals surface area contributed by atoms with Crippen LogP contribution in [-0.4, -0.2) is 117 Å². The molecule has 0 saturated carbocycles. The van der Waals surface area contributed by atoms with E-state index >= 15 is 4.79 Å². The van der Waals surface area contributed by atoms with Crippen molar-refractivity contribution in [1.82, 2.24) is 15.5 Å². The zero-order valence-electron chi connectivity index (χ0n) is 36.4. The molecule has 3 atom stereocenters. The van der Waals surface area contributed by atoms with Crippen LogP contribution in [0.2, 0.25) is 0 Å². The molecule has 0 aliphatic carbocycles. The van der Waals surface area contributed by atoms with Crippen LogP contribution in [-0.2, 0) is 35.1 Å². The highest BCUT2D eigenvalue weighted by atomic mass is 16.6. The van der Waals surface area contributed by atoms with Gasteiger partial charge in [0.05, 0.1) is 50.9 Å². The first-order valence-electron chi connectivity index (χ1n) is 20.2. The number of aliphatic carboxylic acids is 1. The fourth-order valence-corrected chi connectivity index (χ4v) is 6.95. The standard InChI is InChI=1S/C46H55N5O11/c1-28-13-19-36-37(25-28)51(43(56)33-16-14-32(15-17-33)42(55)47-21-22-60-23-24-61-27-39(52)53)29(2)40(48-41(54)30(3)49(7)45(58)62-46(4,5)6)44(57)50(36)26-35-34-12-10-9-11-31(34)18-20-38(35)59-8/h9-20,25,29-30,40H,21-24,26-27H2,1-8H3,(H,47,55)(H,48,54)(H,52,53)/t29-,30-,40-/m0/s1. The lowest BCUT2D eigenvalue weighted by Crippen LogP contribution is -2.60. The quantitative estimate of drug-likeness (QED) is 0.124. The number of carboxylic acid groups (broad SMARTS) is 1. The van der Waals surface area contributed by atoms with Crippen molar-refractivity contribution in [3.05, 3.63) is 101 Å². The molecule has 16 nitrogen and oxygen atoms in total. The summed E-state index contributed by atoms with van der Waals surface area (Å²) in [5.74, 6) is -2.58. The number of ether oxygens (including phenoxy) is 4.